The van der Waals surface area contributed by atoms with Crippen molar-refractivity contribution in [2.24, 2.45) is 5.73 Å². The highest BCUT2D eigenvalue weighted by atomic mass is 16.4. The smallest absolute Gasteiger partial charge is 0.323 e. The van der Waals surface area contributed by atoms with Crippen LogP contribution in [0.15, 0.2) is 12.7 Å². The zero-order valence-electron chi connectivity index (χ0n) is 8.31. The molecule has 0 heterocycles. The maximum absolute atomic E-state index is 11.4. The van der Waals surface area contributed by atoms with Crippen LogP contribution in [0.3, 0.4) is 0 Å². The Balaban J connectivity index is 4.32. The van der Waals surface area contributed by atoms with Gasteiger partial charge in [-0.15, -0.1) is 6.58 Å². The number of primary amides is 1. The maximum atomic E-state index is 11.4. The zero-order chi connectivity index (χ0) is 11.8. The SMILES string of the molecule is C=CCCC(=O)N(CC(N)=O)CC(=O)O. The Labute approximate surface area is 87.3 Å². The van der Waals surface area contributed by atoms with E-state index >= 15 is 0 Å². The molecule has 0 saturated heterocycles. The molecule has 0 aromatic heterocycles. The zero-order valence-corrected chi connectivity index (χ0v) is 8.31. The van der Waals surface area contributed by atoms with Crippen molar-refractivity contribution in [2.75, 3.05) is 13.1 Å². The molecule has 0 fully saturated rings. The number of carboxylic acid groups (broad SMARTS) is 1. The Morgan fingerprint density at radius 1 is 1.33 bits per heavy atom. The highest BCUT2D eigenvalue weighted by Gasteiger charge is 2.17. The number of hydrogen-bond acceptors (Lipinski definition) is 3. The van der Waals surface area contributed by atoms with Crippen LogP contribution in [0.25, 0.3) is 0 Å². The Morgan fingerprint density at radius 2 is 1.93 bits per heavy atom. The molecular weight excluding hydrogens is 200 g/mol. The average molecular weight is 214 g/mol. The molecule has 84 valence electrons. The van der Waals surface area contributed by atoms with E-state index in [0.29, 0.717) is 6.42 Å². The quantitative estimate of drug-likeness (QED) is 0.550. The number of rotatable bonds is 7. The van der Waals surface area contributed by atoms with Gasteiger partial charge in [-0.1, -0.05) is 6.08 Å². The molecule has 0 saturated carbocycles. The van der Waals surface area contributed by atoms with Crippen LogP contribution in [0, 0.1) is 0 Å². The summed E-state index contributed by atoms with van der Waals surface area (Å²) in [7, 11) is 0. The highest BCUT2D eigenvalue weighted by Crippen LogP contribution is 1.98. The van der Waals surface area contributed by atoms with Crippen LogP contribution in [-0.4, -0.2) is 40.9 Å². The van der Waals surface area contributed by atoms with Crippen molar-refractivity contribution < 1.29 is 19.5 Å². The minimum absolute atomic E-state index is 0.129. The predicted octanol–water partition coefficient (Wildman–Crippen LogP) is -0.649. The normalized spacial score (nSPS) is 9.33. The number of amides is 2. The Kier molecular flexibility index (Phi) is 5.77. The van der Waals surface area contributed by atoms with E-state index in [2.05, 4.69) is 6.58 Å². The Hall–Kier alpha value is -1.85. The van der Waals surface area contributed by atoms with Crippen molar-refractivity contribution in [1.29, 1.82) is 0 Å². The molecular formula is C9H14N2O4. The van der Waals surface area contributed by atoms with Gasteiger partial charge in [-0.25, -0.2) is 0 Å². The van der Waals surface area contributed by atoms with Gasteiger partial charge in [0.2, 0.25) is 11.8 Å². The highest BCUT2D eigenvalue weighted by molar-refractivity contribution is 5.86. The first-order valence-corrected chi connectivity index (χ1v) is 4.36. The summed E-state index contributed by atoms with van der Waals surface area (Å²) in [6, 6.07) is 0. The molecule has 0 aromatic rings. The van der Waals surface area contributed by atoms with Crippen molar-refractivity contribution in [3.63, 3.8) is 0 Å². The lowest BCUT2D eigenvalue weighted by Gasteiger charge is -2.18. The lowest BCUT2D eigenvalue weighted by Crippen LogP contribution is -2.41. The van der Waals surface area contributed by atoms with Crippen molar-refractivity contribution in [2.45, 2.75) is 12.8 Å². The first-order chi connectivity index (χ1) is 6.97. The largest absolute Gasteiger partial charge is 0.480 e. The van der Waals surface area contributed by atoms with Crippen molar-refractivity contribution in [1.82, 2.24) is 4.90 Å². The van der Waals surface area contributed by atoms with E-state index in [9.17, 15) is 14.4 Å². The molecule has 0 atom stereocenters. The number of aliphatic carboxylic acids is 1. The predicted molar refractivity (Wildman–Crippen MR) is 52.8 cm³/mol. The summed E-state index contributed by atoms with van der Waals surface area (Å²) in [5.74, 6) is -2.33. The number of carboxylic acids is 1. The summed E-state index contributed by atoms with van der Waals surface area (Å²) in [5, 5.41) is 8.50. The molecule has 6 heteroatoms. The Bertz CT molecular complexity index is 259. The summed E-state index contributed by atoms with van der Waals surface area (Å²) < 4.78 is 0. The molecule has 0 aliphatic carbocycles. The summed E-state index contributed by atoms with van der Waals surface area (Å²) in [4.78, 5) is 33.3. The lowest BCUT2D eigenvalue weighted by atomic mass is 10.2. The summed E-state index contributed by atoms with van der Waals surface area (Å²) >= 11 is 0. The standard InChI is InChI=1S/C9H14N2O4/c1-2-3-4-8(13)11(5-7(10)12)6-9(14)15/h2H,1,3-6H2,(H2,10,12)(H,14,15). The van der Waals surface area contributed by atoms with Crippen LogP contribution in [0.5, 0.6) is 0 Å². The van der Waals surface area contributed by atoms with Crippen molar-refractivity contribution in [3.8, 4) is 0 Å². The molecule has 0 aromatic carbocycles. The third-order valence-electron chi connectivity index (χ3n) is 1.59. The average Bonchev–Trinajstić information content (AvgIpc) is 2.11. The van der Waals surface area contributed by atoms with E-state index in [4.69, 9.17) is 10.8 Å². The van der Waals surface area contributed by atoms with Gasteiger partial charge in [0.25, 0.3) is 0 Å². The fourth-order valence-electron chi connectivity index (χ4n) is 0.967. The minimum atomic E-state index is -1.18. The third kappa shape index (κ3) is 6.25. The lowest BCUT2D eigenvalue weighted by molar-refractivity contribution is -0.145. The topological polar surface area (TPSA) is 101 Å². The summed E-state index contributed by atoms with van der Waals surface area (Å²) in [6.45, 7) is 2.55. The van der Waals surface area contributed by atoms with Crippen LogP contribution >= 0.6 is 0 Å². The molecule has 0 aliphatic rings. The van der Waals surface area contributed by atoms with Gasteiger partial charge in [0.1, 0.15) is 6.54 Å². The first kappa shape index (κ1) is 13.2. The first-order valence-electron chi connectivity index (χ1n) is 4.36. The van der Waals surface area contributed by atoms with Gasteiger partial charge < -0.3 is 15.7 Å². The van der Waals surface area contributed by atoms with Gasteiger partial charge in [0.15, 0.2) is 0 Å². The number of allylic oxidation sites excluding steroid dienone is 1. The molecule has 0 spiro atoms. The second-order valence-electron chi connectivity index (χ2n) is 2.94. The monoisotopic (exact) mass is 214 g/mol. The summed E-state index contributed by atoms with van der Waals surface area (Å²) in [6.07, 6.45) is 2.11. The fourth-order valence-corrected chi connectivity index (χ4v) is 0.967. The van der Waals surface area contributed by atoms with Crippen LogP contribution in [0.2, 0.25) is 0 Å². The number of carbonyl (C=O) groups excluding carboxylic acids is 2. The van der Waals surface area contributed by atoms with E-state index in [1.54, 1.807) is 6.08 Å². The van der Waals surface area contributed by atoms with Gasteiger partial charge in [-0.2, -0.15) is 0 Å². The molecule has 0 bridgehead atoms. The fraction of sp³-hybridized carbons (Fsp3) is 0.444. The molecule has 3 N–H and O–H groups in total. The number of nitrogens with two attached hydrogens (primary N) is 1. The van der Waals surface area contributed by atoms with E-state index in [-0.39, 0.29) is 13.0 Å². The maximum Gasteiger partial charge on any atom is 0.323 e. The van der Waals surface area contributed by atoms with Gasteiger partial charge in [0, 0.05) is 6.42 Å². The molecule has 0 aliphatic heterocycles. The number of nitrogens with zero attached hydrogens (tertiary/aromatic N) is 1. The molecule has 6 nitrogen and oxygen atoms in total. The van der Waals surface area contributed by atoms with Crippen LogP contribution in [0.1, 0.15) is 12.8 Å². The molecule has 2 amide bonds. The second-order valence-corrected chi connectivity index (χ2v) is 2.94. The van der Waals surface area contributed by atoms with Gasteiger partial charge in [0.05, 0.1) is 6.54 Å². The molecule has 15 heavy (non-hydrogen) atoms. The van der Waals surface area contributed by atoms with Crippen LogP contribution in [-0.2, 0) is 14.4 Å². The van der Waals surface area contributed by atoms with E-state index in [1.165, 1.54) is 0 Å². The van der Waals surface area contributed by atoms with Crippen LogP contribution in [0.4, 0.5) is 0 Å². The van der Waals surface area contributed by atoms with E-state index in [1.807, 2.05) is 0 Å². The van der Waals surface area contributed by atoms with Crippen LogP contribution < -0.4 is 5.73 Å². The van der Waals surface area contributed by atoms with Crippen molar-refractivity contribution >= 4 is 17.8 Å². The summed E-state index contributed by atoms with van der Waals surface area (Å²) in [5.41, 5.74) is 4.89. The Morgan fingerprint density at radius 3 is 2.33 bits per heavy atom. The number of hydrogen-bond donors (Lipinski definition) is 2. The number of carbonyl (C=O) groups is 3. The van der Waals surface area contributed by atoms with E-state index in [0.717, 1.165) is 4.90 Å². The van der Waals surface area contributed by atoms with Crippen molar-refractivity contribution in [3.05, 3.63) is 12.7 Å². The van der Waals surface area contributed by atoms with Gasteiger partial charge >= 0.3 is 5.97 Å². The molecule has 0 radical (unpaired) electrons. The molecule has 0 rings (SSSR count). The van der Waals surface area contributed by atoms with Gasteiger partial charge in [-0.3, -0.25) is 14.4 Å². The van der Waals surface area contributed by atoms with E-state index < -0.39 is 24.3 Å². The molecule has 0 unspecified atom stereocenters. The third-order valence-corrected chi connectivity index (χ3v) is 1.59. The second kappa shape index (κ2) is 6.58. The minimum Gasteiger partial charge on any atom is -0.480 e. The van der Waals surface area contributed by atoms with Gasteiger partial charge in [-0.05, 0) is 6.42 Å².